The third-order valence-corrected chi connectivity index (χ3v) is 5.88. The van der Waals surface area contributed by atoms with Crippen LogP contribution in [0.15, 0.2) is 54.6 Å². The van der Waals surface area contributed by atoms with Crippen molar-refractivity contribution in [3.05, 3.63) is 65.9 Å². The van der Waals surface area contributed by atoms with Crippen molar-refractivity contribution in [3.63, 3.8) is 0 Å². The zero-order chi connectivity index (χ0) is 24.1. The molecule has 1 aliphatic rings. The van der Waals surface area contributed by atoms with Gasteiger partial charge in [-0.05, 0) is 36.8 Å². The molecule has 0 saturated carbocycles. The topological polar surface area (TPSA) is 113 Å². The molecular weight excluding hydrogens is 434 g/mol. The van der Waals surface area contributed by atoms with Gasteiger partial charge in [-0.2, -0.15) is 0 Å². The second-order valence-corrected chi connectivity index (χ2v) is 8.31. The standard InChI is InChI=1S/C25H29N5O4/c1-16(17-6-4-3-5-7-17)28-23(31)14-20-15-27-24(32)22-13-18-12-19(8-9-21(18)30(20)22)29-25(33)26-10-11-34-2/h3-9,12-13,16,20H,10-11,14-15H2,1-2H3,(H,27,32)(H,28,31)(H2,26,29,33). The molecule has 2 atom stereocenters. The van der Waals surface area contributed by atoms with E-state index >= 15 is 0 Å². The van der Waals surface area contributed by atoms with Gasteiger partial charge in [-0.15, -0.1) is 0 Å². The van der Waals surface area contributed by atoms with Crippen molar-refractivity contribution in [2.75, 3.05) is 32.1 Å². The molecular formula is C25H29N5O4. The minimum Gasteiger partial charge on any atom is -0.383 e. The molecule has 0 aliphatic carbocycles. The van der Waals surface area contributed by atoms with Gasteiger partial charge in [0.25, 0.3) is 5.91 Å². The Morgan fingerprint density at radius 1 is 1.18 bits per heavy atom. The number of aromatic nitrogens is 1. The van der Waals surface area contributed by atoms with Crippen LogP contribution in [0, 0.1) is 0 Å². The highest BCUT2D eigenvalue weighted by Gasteiger charge is 2.29. The molecule has 0 radical (unpaired) electrons. The Labute approximate surface area is 197 Å². The maximum atomic E-state index is 12.8. The minimum atomic E-state index is -0.333. The average Bonchev–Trinajstić information content (AvgIpc) is 3.21. The first-order valence-corrected chi connectivity index (χ1v) is 11.3. The van der Waals surface area contributed by atoms with Crippen molar-refractivity contribution in [1.29, 1.82) is 0 Å². The molecule has 2 heterocycles. The number of benzene rings is 2. The van der Waals surface area contributed by atoms with Crippen molar-refractivity contribution >= 4 is 34.4 Å². The van der Waals surface area contributed by atoms with E-state index in [1.807, 2.05) is 54.0 Å². The molecule has 9 heteroatoms. The van der Waals surface area contributed by atoms with Crippen molar-refractivity contribution in [3.8, 4) is 0 Å². The van der Waals surface area contributed by atoms with Gasteiger partial charge in [0.1, 0.15) is 5.69 Å². The summed E-state index contributed by atoms with van der Waals surface area (Å²) in [6.07, 6.45) is 0.232. The van der Waals surface area contributed by atoms with Gasteiger partial charge in [0.2, 0.25) is 5.91 Å². The summed E-state index contributed by atoms with van der Waals surface area (Å²) in [5.41, 5.74) is 2.98. The molecule has 1 aromatic heterocycles. The molecule has 178 valence electrons. The molecule has 0 saturated heterocycles. The van der Waals surface area contributed by atoms with E-state index < -0.39 is 0 Å². The summed E-state index contributed by atoms with van der Waals surface area (Å²) in [4.78, 5) is 37.4. The van der Waals surface area contributed by atoms with E-state index in [0.29, 0.717) is 31.1 Å². The van der Waals surface area contributed by atoms with Crippen LogP contribution in [-0.4, -0.2) is 49.2 Å². The van der Waals surface area contributed by atoms with Crippen LogP contribution in [0.4, 0.5) is 10.5 Å². The Morgan fingerprint density at radius 3 is 2.74 bits per heavy atom. The van der Waals surface area contributed by atoms with Gasteiger partial charge in [0.15, 0.2) is 0 Å². The molecule has 2 aromatic carbocycles. The first kappa shape index (κ1) is 23.3. The highest BCUT2D eigenvalue weighted by molar-refractivity contribution is 6.01. The number of nitrogens with zero attached hydrogens (tertiary/aromatic N) is 1. The predicted molar refractivity (Wildman–Crippen MR) is 130 cm³/mol. The van der Waals surface area contributed by atoms with Gasteiger partial charge >= 0.3 is 6.03 Å². The number of hydrogen-bond acceptors (Lipinski definition) is 4. The maximum Gasteiger partial charge on any atom is 0.319 e. The van der Waals surface area contributed by atoms with Gasteiger partial charge in [-0.1, -0.05) is 30.3 Å². The third-order valence-electron chi connectivity index (χ3n) is 5.88. The number of anilines is 1. The van der Waals surface area contributed by atoms with E-state index in [-0.39, 0.29) is 36.3 Å². The van der Waals surface area contributed by atoms with Gasteiger partial charge in [0.05, 0.1) is 18.7 Å². The Bertz CT molecular complexity index is 1190. The van der Waals surface area contributed by atoms with Crippen LogP contribution in [0.1, 0.15) is 41.5 Å². The summed E-state index contributed by atoms with van der Waals surface area (Å²) >= 11 is 0. The van der Waals surface area contributed by atoms with E-state index in [4.69, 9.17) is 4.74 Å². The zero-order valence-corrected chi connectivity index (χ0v) is 19.3. The summed E-state index contributed by atoms with van der Waals surface area (Å²) in [7, 11) is 1.57. The van der Waals surface area contributed by atoms with E-state index in [1.54, 1.807) is 19.2 Å². The molecule has 0 spiro atoms. The quantitative estimate of drug-likeness (QED) is 0.385. The summed E-state index contributed by atoms with van der Waals surface area (Å²) < 4.78 is 6.85. The number of rotatable bonds is 8. The van der Waals surface area contributed by atoms with E-state index in [2.05, 4.69) is 21.3 Å². The largest absolute Gasteiger partial charge is 0.383 e. The lowest BCUT2D eigenvalue weighted by molar-refractivity contribution is -0.122. The smallest absolute Gasteiger partial charge is 0.319 e. The van der Waals surface area contributed by atoms with E-state index in [1.165, 1.54) is 0 Å². The third kappa shape index (κ3) is 5.20. The molecule has 4 rings (SSSR count). The fraction of sp³-hybridized carbons (Fsp3) is 0.320. The molecule has 4 N–H and O–H groups in total. The Morgan fingerprint density at radius 2 is 1.97 bits per heavy atom. The first-order chi connectivity index (χ1) is 16.5. The van der Waals surface area contributed by atoms with Crippen LogP contribution in [0.2, 0.25) is 0 Å². The second kappa shape index (κ2) is 10.4. The van der Waals surface area contributed by atoms with Crippen molar-refractivity contribution in [2.24, 2.45) is 0 Å². The van der Waals surface area contributed by atoms with Crippen LogP contribution in [-0.2, 0) is 9.53 Å². The number of methoxy groups -OCH3 is 1. The molecule has 9 nitrogen and oxygen atoms in total. The number of nitrogens with one attached hydrogen (secondary N) is 4. The average molecular weight is 464 g/mol. The van der Waals surface area contributed by atoms with Gasteiger partial charge in [-0.3, -0.25) is 9.59 Å². The number of urea groups is 1. The highest BCUT2D eigenvalue weighted by Crippen LogP contribution is 2.30. The second-order valence-electron chi connectivity index (χ2n) is 8.31. The molecule has 2 unspecified atom stereocenters. The van der Waals surface area contributed by atoms with Crippen LogP contribution in [0.5, 0.6) is 0 Å². The van der Waals surface area contributed by atoms with Crippen molar-refractivity contribution in [1.82, 2.24) is 20.5 Å². The molecule has 0 bridgehead atoms. The Balaban J connectivity index is 1.50. The fourth-order valence-corrected chi connectivity index (χ4v) is 4.22. The predicted octanol–water partition coefficient (Wildman–Crippen LogP) is 2.96. The van der Waals surface area contributed by atoms with Crippen LogP contribution < -0.4 is 21.3 Å². The fourth-order valence-electron chi connectivity index (χ4n) is 4.22. The molecule has 0 fully saturated rings. The maximum absolute atomic E-state index is 12.8. The van der Waals surface area contributed by atoms with Crippen LogP contribution in [0.25, 0.3) is 10.9 Å². The lowest BCUT2D eigenvalue weighted by Gasteiger charge is -2.27. The Hall–Kier alpha value is -3.85. The van der Waals surface area contributed by atoms with E-state index in [0.717, 1.165) is 16.5 Å². The minimum absolute atomic E-state index is 0.0867. The molecule has 4 amide bonds. The van der Waals surface area contributed by atoms with Gasteiger partial charge in [0, 0.05) is 43.2 Å². The highest BCUT2D eigenvalue weighted by atomic mass is 16.5. The number of fused-ring (bicyclic) bond motifs is 3. The zero-order valence-electron chi connectivity index (χ0n) is 19.3. The molecule has 1 aliphatic heterocycles. The molecule has 34 heavy (non-hydrogen) atoms. The lowest BCUT2D eigenvalue weighted by Crippen LogP contribution is -2.41. The summed E-state index contributed by atoms with van der Waals surface area (Å²) in [5.74, 6) is -0.270. The summed E-state index contributed by atoms with van der Waals surface area (Å²) in [6, 6.07) is 16.4. The number of amides is 4. The SMILES string of the molecule is COCCNC(=O)Nc1ccc2c(c1)cc1n2C(CC(=O)NC(C)c2ccccc2)CNC1=O. The summed E-state index contributed by atoms with van der Waals surface area (Å²) in [6.45, 7) is 3.14. The molecule has 3 aromatic rings. The van der Waals surface area contributed by atoms with E-state index in [9.17, 15) is 14.4 Å². The normalized spacial score (nSPS) is 15.8. The number of carbonyl (C=O) groups is 3. The van der Waals surface area contributed by atoms with Gasteiger partial charge in [-0.25, -0.2) is 4.79 Å². The number of carbonyl (C=O) groups excluding carboxylic acids is 3. The summed E-state index contributed by atoms with van der Waals surface area (Å²) in [5, 5.41) is 12.2. The lowest BCUT2D eigenvalue weighted by atomic mass is 10.1. The van der Waals surface area contributed by atoms with Crippen molar-refractivity contribution in [2.45, 2.75) is 25.4 Å². The van der Waals surface area contributed by atoms with Crippen LogP contribution >= 0.6 is 0 Å². The number of hydrogen-bond donors (Lipinski definition) is 4. The Kier molecular flexibility index (Phi) is 7.12. The first-order valence-electron chi connectivity index (χ1n) is 11.3. The van der Waals surface area contributed by atoms with Gasteiger partial charge < -0.3 is 30.6 Å². The monoisotopic (exact) mass is 463 g/mol. The number of ether oxygens (including phenoxy) is 1. The van der Waals surface area contributed by atoms with Crippen molar-refractivity contribution < 1.29 is 19.1 Å². The van der Waals surface area contributed by atoms with Crippen LogP contribution in [0.3, 0.4) is 0 Å².